The zero-order valence-corrected chi connectivity index (χ0v) is 29.7. The molecule has 4 unspecified atom stereocenters. The summed E-state index contributed by atoms with van der Waals surface area (Å²) in [6, 6.07) is 12.4. The molecule has 2 saturated heterocycles. The third-order valence-corrected chi connectivity index (χ3v) is 10.1. The van der Waals surface area contributed by atoms with Gasteiger partial charge in [-0.25, -0.2) is 4.79 Å². The fourth-order valence-electron chi connectivity index (χ4n) is 7.16. The van der Waals surface area contributed by atoms with Gasteiger partial charge in [-0.05, 0) is 74.6 Å². The maximum Gasteiger partial charge on any atom is 0.320 e. The lowest BCUT2D eigenvalue weighted by Crippen LogP contribution is -2.44. The van der Waals surface area contributed by atoms with E-state index in [-0.39, 0.29) is 23.6 Å². The van der Waals surface area contributed by atoms with E-state index >= 15 is 0 Å². The highest BCUT2D eigenvalue weighted by Crippen LogP contribution is 2.39. The molecule has 3 aromatic rings. The number of ether oxygens (including phenoxy) is 2. The molecule has 2 aromatic heterocycles. The fourth-order valence-corrected chi connectivity index (χ4v) is 7.16. The minimum Gasteiger partial charge on any atom is -0.484 e. The maximum absolute atomic E-state index is 13.5. The van der Waals surface area contributed by atoms with Crippen LogP contribution in [0.3, 0.4) is 0 Å². The number of nitrogens with zero attached hydrogens (tertiary/aromatic N) is 6. The highest BCUT2D eigenvalue weighted by molar-refractivity contribution is 6.09. The molecular weight excluding hydrogens is 618 g/mol. The average molecular weight is 672 g/mol. The Kier molecular flexibility index (Phi) is 10.8. The number of carbonyl (C=O) groups excluding carboxylic acids is 1. The minimum atomic E-state index is -0.314. The first-order valence-corrected chi connectivity index (χ1v) is 17.9. The Balaban J connectivity index is 1.14. The van der Waals surface area contributed by atoms with E-state index < -0.39 is 0 Å². The second-order valence-electron chi connectivity index (χ2n) is 14.8. The second-order valence-corrected chi connectivity index (χ2v) is 14.8. The van der Waals surface area contributed by atoms with Crippen molar-refractivity contribution in [2.75, 3.05) is 44.3 Å². The third kappa shape index (κ3) is 8.41. The molecule has 0 radical (unpaired) electrons. The van der Waals surface area contributed by atoms with Crippen molar-refractivity contribution >= 4 is 29.2 Å². The van der Waals surface area contributed by atoms with Crippen molar-refractivity contribution in [3.05, 3.63) is 53.7 Å². The van der Waals surface area contributed by atoms with E-state index in [1.54, 1.807) is 0 Å². The Morgan fingerprint density at radius 2 is 1.76 bits per heavy atom. The molecule has 3 aliphatic rings. The number of urea groups is 1. The van der Waals surface area contributed by atoms with Gasteiger partial charge in [0.05, 0.1) is 32.0 Å². The molecule has 0 bridgehead atoms. The number of amidine groups is 1. The third-order valence-electron chi connectivity index (χ3n) is 10.1. The van der Waals surface area contributed by atoms with Crippen molar-refractivity contribution in [2.45, 2.75) is 97.4 Å². The zero-order chi connectivity index (χ0) is 34.5. The van der Waals surface area contributed by atoms with Gasteiger partial charge in [-0.2, -0.15) is 0 Å². The van der Waals surface area contributed by atoms with Crippen LogP contribution in [0.1, 0.15) is 96.4 Å². The summed E-state index contributed by atoms with van der Waals surface area (Å²) in [5.74, 6) is 2.14. The van der Waals surface area contributed by atoms with Gasteiger partial charge in [0.25, 0.3) is 0 Å². The molecule has 12 heteroatoms. The summed E-state index contributed by atoms with van der Waals surface area (Å²) >= 11 is 0. The van der Waals surface area contributed by atoms with E-state index in [1.807, 2.05) is 51.2 Å². The summed E-state index contributed by atoms with van der Waals surface area (Å²) in [5.41, 5.74) is 3.12. The molecule has 1 aromatic carbocycles. The van der Waals surface area contributed by atoms with Crippen LogP contribution < -0.4 is 20.3 Å². The van der Waals surface area contributed by atoms with Gasteiger partial charge < -0.3 is 25.1 Å². The summed E-state index contributed by atoms with van der Waals surface area (Å²) in [5, 5.41) is 23.9. The molecule has 12 nitrogen and oxygen atoms in total. The van der Waals surface area contributed by atoms with Crippen molar-refractivity contribution in [2.24, 2.45) is 10.4 Å². The van der Waals surface area contributed by atoms with E-state index in [2.05, 4.69) is 61.0 Å². The highest BCUT2D eigenvalue weighted by atomic mass is 16.5. The zero-order valence-electron chi connectivity index (χ0n) is 29.7. The van der Waals surface area contributed by atoms with Gasteiger partial charge in [0.2, 0.25) is 5.95 Å². The van der Waals surface area contributed by atoms with Gasteiger partial charge in [-0.3, -0.25) is 19.6 Å². The van der Waals surface area contributed by atoms with Gasteiger partial charge >= 0.3 is 6.03 Å². The number of aliphatic imine (C=N–C) groups is 1. The number of carbonyl (C=O) groups is 1. The smallest absolute Gasteiger partial charge is 0.320 e. The van der Waals surface area contributed by atoms with Crippen LogP contribution in [0.5, 0.6) is 5.75 Å². The number of aromatic nitrogens is 3. The Morgan fingerprint density at radius 1 is 1.02 bits per heavy atom. The Hall–Kier alpha value is -4.03. The molecule has 1 aliphatic carbocycles. The van der Waals surface area contributed by atoms with E-state index in [1.165, 1.54) is 6.42 Å². The summed E-state index contributed by atoms with van der Waals surface area (Å²) in [7, 11) is 0. The minimum absolute atomic E-state index is 0.160. The molecular formula is C37H53N9O3. The largest absolute Gasteiger partial charge is 0.484 e. The summed E-state index contributed by atoms with van der Waals surface area (Å²) in [4.78, 5) is 22.9. The van der Waals surface area contributed by atoms with Gasteiger partial charge in [0.15, 0.2) is 5.65 Å². The molecule has 2 aliphatic heterocycles. The molecule has 2 amide bonds. The quantitative estimate of drug-likeness (QED) is 0.190. The van der Waals surface area contributed by atoms with E-state index in [4.69, 9.17) is 19.9 Å². The van der Waals surface area contributed by atoms with E-state index in [0.717, 1.165) is 87.0 Å². The number of benzene rings is 1. The van der Waals surface area contributed by atoms with Crippen LogP contribution >= 0.6 is 0 Å². The van der Waals surface area contributed by atoms with E-state index in [0.29, 0.717) is 36.6 Å². The monoisotopic (exact) mass is 671 g/mol. The maximum atomic E-state index is 13.5. The number of anilines is 1. The van der Waals surface area contributed by atoms with Crippen LogP contribution in [-0.2, 0) is 4.74 Å². The van der Waals surface area contributed by atoms with Crippen molar-refractivity contribution < 1.29 is 14.3 Å². The topological polar surface area (TPSA) is 132 Å². The lowest BCUT2D eigenvalue weighted by molar-refractivity contribution is 0.0394. The summed E-state index contributed by atoms with van der Waals surface area (Å²) in [6.07, 6.45) is 7.13. The van der Waals surface area contributed by atoms with Gasteiger partial charge in [-0.1, -0.05) is 45.0 Å². The number of pyridine rings is 1. The standard InChI is InChI=1S/C37H53N9O3/c1-25-9-8-10-26(2)46(25)36-43-42-34-16-13-27(24-45(34)36)49-31-15-14-30(28-11-6-7-12-29(28)31)40-35(47)41-33(23-32(38)37(3,4)5)39-17-18-44-19-21-48-22-20-44/h6-7,11-13,16,24-26,30-31,38H,8-10,14-15,17-23H2,1-5H3,(H2,39,40,41,47). The molecule has 4 atom stereocenters. The molecule has 2 fully saturated rings. The van der Waals surface area contributed by atoms with Gasteiger partial charge in [0.1, 0.15) is 17.7 Å². The van der Waals surface area contributed by atoms with Crippen molar-refractivity contribution in [1.29, 1.82) is 5.41 Å². The lowest BCUT2D eigenvalue weighted by atomic mass is 9.85. The number of rotatable bonds is 9. The van der Waals surface area contributed by atoms with Crippen LogP contribution in [0.15, 0.2) is 47.6 Å². The molecule has 0 spiro atoms. The average Bonchev–Trinajstić information content (AvgIpc) is 3.48. The number of fused-ring (bicyclic) bond motifs is 2. The molecule has 0 saturated carbocycles. The van der Waals surface area contributed by atoms with Crippen molar-refractivity contribution in [3.8, 4) is 5.75 Å². The number of piperidine rings is 1. The van der Waals surface area contributed by atoms with Crippen LogP contribution in [0.4, 0.5) is 10.7 Å². The lowest BCUT2D eigenvalue weighted by Gasteiger charge is -2.39. The number of hydrogen-bond acceptors (Lipinski definition) is 9. The van der Waals surface area contributed by atoms with Crippen LogP contribution in [0.2, 0.25) is 0 Å². The predicted molar refractivity (Wildman–Crippen MR) is 193 cm³/mol. The Labute approximate surface area is 290 Å². The van der Waals surface area contributed by atoms with Gasteiger partial charge in [-0.15, -0.1) is 10.2 Å². The predicted octanol–water partition coefficient (Wildman–Crippen LogP) is 5.94. The first kappa shape index (κ1) is 34.8. The number of amides is 2. The second kappa shape index (κ2) is 15.2. The van der Waals surface area contributed by atoms with Crippen molar-refractivity contribution in [1.82, 2.24) is 30.1 Å². The van der Waals surface area contributed by atoms with Crippen LogP contribution in [-0.4, -0.2) is 88.6 Å². The Morgan fingerprint density at radius 3 is 2.49 bits per heavy atom. The van der Waals surface area contributed by atoms with Crippen molar-refractivity contribution in [3.63, 3.8) is 0 Å². The molecule has 49 heavy (non-hydrogen) atoms. The van der Waals surface area contributed by atoms with Gasteiger partial charge in [0, 0.05) is 43.9 Å². The summed E-state index contributed by atoms with van der Waals surface area (Å²) < 4.78 is 14.2. The summed E-state index contributed by atoms with van der Waals surface area (Å²) in [6.45, 7) is 15.1. The number of nitrogens with one attached hydrogen (secondary N) is 3. The molecule has 4 heterocycles. The fraction of sp³-hybridized carbons (Fsp3) is 0.595. The first-order chi connectivity index (χ1) is 23.6. The van der Waals surface area contributed by atoms with Crippen LogP contribution in [0.25, 0.3) is 5.65 Å². The molecule has 6 rings (SSSR count). The van der Waals surface area contributed by atoms with E-state index in [9.17, 15) is 4.79 Å². The SMILES string of the molecule is CC1CCCC(C)N1c1nnc2ccc(OC3CCC(NC(=O)NC(CC(=N)C(C)(C)C)=NCCN4CCOCC4)c4ccccc43)cn12. The Bertz CT molecular complexity index is 1630. The normalized spacial score (nSPS) is 23.6. The molecule has 264 valence electrons. The molecule has 3 N–H and O–H groups in total. The number of hydrogen-bond donors (Lipinski definition) is 3. The highest BCUT2D eigenvalue weighted by Gasteiger charge is 2.31. The van der Waals surface area contributed by atoms with Crippen LogP contribution in [0, 0.1) is 10.8 Å². The number of morpholine rings is 1. The first-order valence-electron chi connectivity index (χ1n) is 17.9.